The van der Waals surface area contributed by atoms with Crippen LogP contribution in [-0.4, -0.2) is 68.3 Å². The summed E-state index contributed by atoms with van der Waals surface area (Å²) in [5.74, 6) is 0. The van der Waals surface area contributed by atoms with Crippen LogP contribution >= 0.6 is 0 Å². The third kappa shape index (κ3) is 4.35. The van der Waals surface area contributed by atoms with E-state index in [-0.39, 0.29) is 6.23 Å². The van der Waals surface area contributed by atoms with E-state index in [0.717, 1.165) is 27.7 Å². The molecule has 96 valence electrons. The van der Waals surface area contributed by atoms with Gasteiger partial charge in [-0.3, -0.25) is 0 Å². The molecule has 0 aromatic rings. The van der Waals surface area contributed by atoms with Crippen LogP contribution in [0.25, 0.3) is 0 Å². The second-order valence-corrected chi connectivity index (χ2v) is 6.21. The van der Waals surface area contributed by atoms with Gasteiger partial charge >= 0.3 is 0 Å². The number of hydrogen-bond acceptors (Lipinski definition) is 3. The van der Waals surface area contributed by atoms with Crippen molar-refractivity contribution in [3.05, 3.63) is 12.7 Å². The zero-order valence-electron chi connectivity index (χ0n) is 11.4. The van der Waals surface area contributed by atoms with Gasteiger partial charge in [-0.2, -0.15) is 0 Å². The highest BCUT2D eigenvalue weighted by atomic mass is 28.1. The van der Waals surface area contributed by atoms with Crippen molar-refractivity contribution in [2.24, 2.45) is 0 Å². The van der Waals surface area contributed by atoms with Gasteiger partial charge in [0, 0.05) is 21.3 Å². The van der Waals surface area contributed by atoms with Crippen LogP contribution in [0, 0.1) is 0 Å². The van der Waals surface area contributed by atoms with Crippen molar-refractivity contribution in [1.82, 2.24) is 0 Å². The summed E-state index contributed by atoms with van der Waals surface area (Å²) in [6.45, 7) is 4.63. The van der Waals surface area contributed by atoms with Gasteiger partial charge in [0.1, 0.15) is 5.41 Å². The van der Waals surface area contributed by atoms with Gasteiger partial charge in [0.15, 0.2) is 6.23 Å². The summed E-state index contributed by atoms with van der Waals surface area (Å²) < 4.78 is 17.1. The van der Waals surface area contributed by atoms with E-state index in [2.05, 4.69) is 20.7 Å². The number of likely N-dealkylation sites (N-methyl/N-ethyl adjacent to an activating group) is 1. The molecule has 4 nitrogen and oxygen atoms in total. The fraction of sp³-hybridized carbons (Fsp3) is 0.818. The molecule has 0 aliphatic rings. The normalized spacial score (nSPS) is 15.1. The number of ether oxygens (including phenoxy) is 3. The third-order valence-electron chi connectivity index (χ3n) is 3.06. The van der Waals surface area contributed by atoms with Crippen molar-refractivity contribution in [2.45, 2.75) is 18.1 Å². The lowest BCUT2D eigenvalue weighted by molar-refractivity contribution is -0.933. The first-order valence-electron chi connectivity index (χ1n) is 5.42. The minimum atomic E-state index is -0.475. The Morgan fingerprint density at radius 3 is 2.12 bits per heavy atom. The molecule has 0 saturated heterocycles. The summed E-state index contributed by atoms with van der Waals surface area (Å²) >= 11 is 0. The van der Waals surface area contributed by atoms with E-state index < -0.39 is 5.41 Å². The van der Waals surface area contributed by atoms with E-state index in [1.54, 1.807) is 21.3 Å². The van der Waals surface area contributed by atoms with E-state index in [4.69, 9.17) is 14.2 Å². The lowest BCUT2D eigenvalue weighted by Gasteiger charge is -2.40. The standard InChI is InChI=1S/C11H26NO3Si/c1-7-8-12(2,3)10(13-4)9-11(16,14-5)15-6/h7,10H,1,8-9H2,2-6,16H3/q+1. The molecule has 0 radical (unpaired) electrons. The number of quaternary nitrogens is 1. The predicted molar refractivity (Wildman–Crippen MR) is 69.3 cm³/mol. The maximum atomic E-state index is 5.55. The minimum Gasteiger partial charge on any atom is -0.358 e. The van der Waals surface area contributed by atoms with Crippen LogP contribution in [0.4, 0.5) is 0 Å². The zero-order valence-corrected chi connectivity index (χ0v) is 13.4. The molecule has 0 bridgehead atoms. The highest BCUT2D eigenvalue weighted by molar-refractivity contribution is 6.13. The third-order valence-corrected chi connectivity index (χ3v) is 4.29. The van der Waals surface area contributed by atoms with Gasteiger partial charge in [-0.05, 0) is 6.08 Å². The molecule has 0 fully saturated rings. The Balaban J connectivity index is 4.68. The Morgan fingerprint density at radius 1 is 1.31 bits per heavy atom. The Kier molecular flexibility index (Phi) is 6.43. The SMILES string of the molecule is C=CC[N+](C)(C)C(CC([SiH3])(OC)OC)OC. The van der Waals surface area contributed by atoms with Crippen molar-refractivity contribution in [2.75, 3.05) is 42.0 Å². The quantitative estimate of drug-likeness (QED) is 0.260. The molecular formula is C11H26NO3Si+. The van der Waals surface area contributed by atoms with Crippen LogP contribution in [0.15, 0.2) is 12.7 Å². The molecule has 16 heavy (non-hydrogen) atoms. The zero-order chi connectivity index (χ0) is 12.8. The highest BCUT2D eigenvalue weighted by Crippen LogP contribution is 2.21. The summed E-state index contributed by atoms with van der Waals surface area (Å²) in [5, 5.41) is 0. The number of methoxy groups -OCH3 is 3. The maximum Gasteiger partial charge on any atom is 0.197 e. The number of rotatable bonds is 8. The van der Waals surface area contributed by atoms with Gasteiger partial charge in [0.2, 0.25) is 0 Å². The Bertz CT molecular complexity index is 217. The van der Waals surface area contributed by atoms with Gasteiger partial charge in [-0.1, -0.05) is 6.58 Å². The predicted octanol–water partition coefficient (Wildman–Crippen LogP) is -0.0766. The van der Waals surface area contributed by atoms with Crippen LogP contribution in [0.5, 0.6) is 0 Å². The van der Waals surface area contributed by atoms with Crippen LogP contribution in [-0.2, 0) is 14.2 Å². The second-order valence-electron chi connectivity index (χ2n) is 4.69. The van der Waals surface area contributed by atoms with E-state index in [9.17, 15) is 0 Å². The van der Waals surface area contributed by atoms with Gasteiger partial charge in [0.05, 0.1) is 37.3 Å². The van der Waals surface area contributed by atoms with Crippen LogP contribution < -0.4 is 0 Å². The molecule has 0 aromatic carbocycles. The molecule has 0 amide bonds. The average molecular weight is 248 g/mol. The maximum absolute atomic E-state index is 5.55. The van der Waals surface area contributed by atoms with Crippen LogP contribution in [0.1, 0.15) is 6.42 Å². The minimum absolute atomic E-state index is 0.0374. The molecule has 5 heteroatoms. The first kappa shape index (κ1) is 15.8. The van der Waals surface area contributed by atoms with E-state index in [1.165, 1.54) is 0 Å². The van der Waals surface area contributed by atoms with Crippen molar-refractivity contribution in [1.29, 1.82) is 0 Å². The highest BCUT2D eigenvalue weighted by Gasteiger charge is 2.36. The van der Waals surface area contributed by atoms with Crippen molar-refractivity contribution in [3.63, 3.8) is 0 Å². The van der Waals surface area contributed by atoms with Gasteiger partial charge < -0.3 is 18.7 Å². The fourth-order valence-electron chi connectivity index (χ4n) is 1.63. The topological polar surface area (TPSA) is 27.7 Å². The molecule has 0 aliphatic heterocycles. The van der Waals surface area contributed by atoms with Crippen LogP contribution in [0.2, 0.25) is 0 Å². The molecule has 0 aromatic heterocycles. The molecule has 1 unspecified atom stereocenters. The Hall–Kier alpha value is -0.203. The molecule has 0 rings (SSSR count). The molecule has 0 heterocycles. The largest absolute Gasteiger partial charge is 0.358 e. The van der Waals surface area contributed by atoms with Crippen molar-refractivity contribution < 1.29 is 18.7 Å². The van der Waals surface area contributed by atoms with Gasteiger partial charge in [-0.15, -0.1) is 0 Å². The Morgan fingerprint density at radius 2 is 1.81 bits per heavy atom. The smallest absolute Gasteiger partial charge is 0.197 e. The lowest BCUT2D eigenvalue weighted by Crippen LogP contribution is -2.54. The average Bonchev–Trinajstić information content (AvgIpc) is 2.25. The monoisotopic (exact) mass is 248 g/mol. The first-order chi connectivity index (χ1) is 7.35. The summed E-state index contributed by atoms with van der Waals surface area (Å²) in [6, 6.07) is 0. The number of hydrogen-bond donors (Lipinski definition) is 0. The van der Waals surface area contributed by atoms with E-state index in [1.807, 2.05) is 6.08 Å². The molecule has 1 atom stereocenters. The van der Waals surface area contributed by atoms with Gasteiger partial charge in [0.25, 0.3) is 0 Å². The molecular weight excluding hydrogens is 222 g/mol. The number of nitrogens with zero attached hydrogens (tertiary/aromatic N) is 1. The first-order valence-corrected chi connectivity index (χ1v) is 6.42. The molecule has 0 spiro atoms. The van der Waals surface area contributed by atoms with Crippen LogP contribution in [0.3, 0.4) is 0 Å². The lowest BCUT2D eigenvalue weighted by atomic mass is 10.2. The molecule has 0 saturated carbocycles. The van der Waals surface area contributed by atoms with Gasteiger partial charge in [-0.25, -0.2) is 0 Å². The second kappa shape index (κ2) is 6.51. The Labute approximate surface area is 102 Å². The summed E-state index contributed by atoms with van der Waals surface area (Å²) in [4.78, 5) is 0. The van der Waals surface area contributed by atoms with Crippen molar-refractivity contribution >= 4 is 10.2 Å². The van der Waals surface area contributed by atoms with Crippen molar-refractivity contribution in [3.8, 4) is 0 Å². The molecule has 0 N–H and O–H groups in total. The van der Waals surface area contributed by atoms with E-state index >= 15 is 0 Å². The fourth-order valence-corrected chi connectivity index (χ4v) is 1.98. The summed E-state index contributed by atoms with van der Waals surface area (Å²) in [5.41, 5.74) is -0.475. The summed E-state index contributed by atoms with van der Waals surface area (Å²) in [6.07, 6.45) is 2.67. The van der Waals surface area contributed by atoms with E-state index in [0.29, 0.717) is 0 Å². The summed E-state index contributed by atoms with van der Waals surface area (Å²) in [7, 11) is 10.1. The molecule has 0 aliphatic carbocycles.